The highest BCUT2D eigenvalue weighted by Crippen LogP contribution is 2.13. The van der Waals surface area contributed by atoms with Crippen molar-refractivity contribution in [2.45, 2.75) is 52.4 Å². The molecule has 0 spiro atoms. The predicted octanol–water partition coefficient (Wildman–Crippen LogP) is 1.31. The Morgan fingerprint density at radius 3 is 1.83 bits per heavy atom. The number of alkyl halides is 3. The standard InChI is InChI=1S/C12H24N2O3.C2HF3O2/c1-7(2)6-9(12(16)17-5)14-11(15)10(13)8(3)4;3-2(4,5)1(6)7/h7-10H,6,13H2,1-5H3,(H,14,15);(H,6,7)/t9-,10-;/m1./s1. The lowest BCUT2D eigenvalue weighted by Crippen LogP contribution is -2.50. The number of methoxy groups -OCH3 is 1. The molecule has 0 aliphatic rings. The van der Waals surface area contributed by atoms with Crippen LogP contribution in [0.1, 0.15) is 34.1 Å². The van der Waals surface area contributed by atoms with Crippen molar-refractivity contribution in [1.29, 1.82) is 0 Å². The second-order valence-electron chi connectivity index (χ2n) is 5.79. The van der Waals surface area contributed by atoms with E-state index in [4.69, 9.17) is 15.6 Å². The Morgan fingerprint density at radius 2 is 1.58 bits per heavy atom. The highest BCUT2D eigenvalue weighted by Gasteiger charge is 2.38. The zero-order chi connectivity index (χ0) is 19.7. The maximum absolute atomic E-state index is 11.8. The highest BCUT2D eigenvalue weighted by atomic mass is 19.4. The second-order valence-corrected chi connectivity index (χ2v) is 5.79. The minimum atomic E-state index is -5.08. The van der Waals surface area contributed by atoms with Crippen LogP contribution in [0.4, 0.5) is 13.2 Å². The van der Waals surface area contributed by atoms with Crippen molar-refractivity contribution in [3.63, 3.8) is 0 Å². The van der Waals surface area contributed by atoms with Gasteiger partial charge in [-0.1, -0.05) is 27.7 Å². The first-order valence-electron chi connectivity index (χ1n) is 7.17. The Hall–Kier alpha value is -1.84. The molecule has 0 radical (unpaired) electrons. The van der Waals surface area contributed by atoms with Crippen molar-refractivity contribution in [2.24, 2.45) is 17.6 Å². The Morgan fingerprint density at radius 1 is 1.17 bits per heavy atom. The fraction of sp³-hybridized carbons (Fsp3) is 0.786. The van der Waals surface area contributed by atoms with Crippen LogP contribution in [0.15, 0.2) is 0 Å². The van der Waals surface area contributed by atoms with Crippen LogP contribution in [0.25, 0.3) is 0 Å². The molecule has 0 aromatic heterocycles. The van der Waals surface area contributed by atoms with Gasteiger partial charge >= 0.3 is 18.1 Å². The number of carbonyl (C=O) groups is 3. The molecule has 7 nitrogen and oxygen atoms in total. The molecule has 0 rings (SSSR count). The molecule has 24 heavy (non-hydrogen) atoms. The first kappa shape index (κ1) is 24.4. The molecule has 0 aliphatic carbocycles. The lowest BCUT2D eigenvalue weighted by Gasteiger charge is -2.22. The third-order valence-corrected chi connectivity index (χ3v) is 2.77. The lowest BCUT2D eigenvalue weighted by molar-refractivity contribution is -0.192. The molecule has 1 amide bonds. The number of rotatable bonds is 6. The SMILES string of the molecule is COC(=O)[C@@H](CC(C)C)NC(=O)[C@H](N)C(C)C.O=C(O)C(F)(F)F. The van der Waals surface area contributed by atoms with Gasteiger partial charge in [-0.05, 0) is 18.3 Å². The maximum atomic E-state index is 11.8. The first-order chi connectivity index (χ1) is 10.7. The minimum absolute atomic E-state index is 0.0346. The van der Waals surface area contributed by atoms with E-state index in [1.54, 1.807) is 0 Å². The van der Waals surface area contributed by atoms with E-state index in [1.165, 1.54) is 7.11 Å². The third-order valence-electron chi connectivity index (χ3n) is 2.77. The topological polar surface area (TPSA) is 119 Å². The molecule has 0 bridgehead atoms. The number of carboxylic acid groups (broad SMARTS) is 1. The molecular weight excluding hydrogens is 333 g/mol. The van der Waals surface area contributed by atoms with Crippen LogP contribution in [0.2, 0.25) is 0 Å². The maximum Gasteiger partial charge on any atom is 0.490 e. The van der Waals surface area contributed by atoms with E-state index in [-0.39, 0.29) is 17.7 Å². The fourth-order valence-electron chi connectivity index (χ4n) is 1.40. The van der Waals surface area contributed by atoms with Gasteiger partial charge in [0.05, 0.1) is 13.2 Å². The quantitative estimate of drug-likeness (QED) is 0.616. The van der Waals surface area contributed by atoms with Crippen LogP contribution in [-0.2, 0) is 19.1 Å². The van der Waals surface area contributed by atoms with Gasteiger partial charge in [-0.25, -0.2) is 9.59 Å². The van der Waals surface area contributed by atoms with Gasteiger partial charge < -0.3 is 20.9 Å². The molecule has 0 saturated carbocycles. The van der Waals surface area contributed by atoms with Crippen LogP contribution in [0.3, 0.4) is 0 Å². The Labute approximate surface area is 138 Å². The number of esters is 1. The Kier molecular flexibility index (Phi) is 11.0. The van der Waals surface area contributed by atoms with Gasteiger partial charge in [0.2, 0.25) is 5.91 Å². The van der Waals surface area contributed by atoms with Crippen LogP contribution in [-0.4, -0.2) is 48.3 Å². The summed E-state index contributed by atoms with van der Waals surface area (Å²) < 4.78 is 36.4. The van der Waals surface area contributed by atoms with Gasteiger partial charge in [0.1, 0.15) is 6.04 Å². The Balaban J connectivity index is 0. The summed E-state index contributed by atoms with van der Waals surface area (Å²) in [7, 11) is 1.31. The van der Waals surface area contributed by atoms with Crippen LogP contribution < -0.4 is 11.1 Å². The number of carbonyl (C=O) groups excluding carboxylic acids is 2. The van der Waals surface area contributed by atoms with Gasteiger partial charge in [0.25, 0.3) is 0 Å². The summed E-state index contributed by atoms with van der Waals surface area (Å²) in [6, 6.07) is -1.22. The number of amides is 1. The summed E-state index contributed by atoms with van der Waals surface area (Å²) in [5.74, 6) is -3.17. The number of nitrogens with two attached hydrogens (primary N) is 1. The largest absolute Gasteiger partial charge is 0.490 e. The summed E-state index contributed by atoms with van der Waals surface area (Å²) in [4.78, 5) is 32.1. The number of aliphatic carboxylic acids is 1. The van der Waals surface area contributed by atoms with Gasteiger partial charge in [-0.2, -0.15) is 13.2 Å². The summed E-state index contributed by atoms with van der Waals surface area (Å²) in [6.45, 7) is 7.68. The summed E-state index contributed by atoms with van der Waals surface area (Å²) in [5, 5.41) is 9.77. The molecule has 0 aromatic carbocycles. The van der Waals surface area contributed by atoms with Gasteiger partial charge in [0, 0.05) is 0 Å². The number of nitrogens with one attached hydrogen (secondary N) is 1. The van der Waals surface area contributed by atoms with Crippen LogP contribution in [0.5, 0.6) is 0 Å². The van der Waals surface area contributed by atoms with E-state index < -0.39 is 30.2 Å². The van der Waals surface area contributed by atoms with Gasteiger partial charge in [-0.3, -0.25) is 4.79 Å². The van der Waals surface area contributed by atoms with Crippen molar-refractivity contribution in [3.8, 4) is 0 Å². The zero-order valence-electron chi connectivity index (χ0n) is 14.3. The summed E-state index contributed by atoms with van der Waals surface area (Å²) in [6.07, 6.45) is -4.54. The average molecular weight is 358 g/mol. The van der Waals surface area contributed by atoms with E-state index in [2.05, 4.69) is 10.1 Å². The molecule has 10 heteroatoms. The van der Waals surface area contributed by atoms with Gasteiger partial charge in [0.15, 0.2) is 0 Å². The molecule has 0 saturated heterocycles. The fourth-order valence-corrected chi connectivity index (χ4v) is 1.40. The van der Waals surface area contributed by atoms with Crippen molar-refractivity contribution in [3.05, 3.63) is 0 Å². The summed E-state index contributed by atoms with van der Waals surface area (Å²) >= 11 is 0. The summed E-state index contributed by atoms with van der Waals surface area (Å²) in [5.41, 5.74) is 5.72. The molecule has 0 unspecified atom stereocenters. The van der Waals surface area contributed by atoms with E-state index in [0.29, 0.717) is 6.42 Å². The number of carboxylic acids is 1. The third kappa shape index (κ3) is 10.8. The van der Waals surface area contributed by atoms with E-state index >= 15 is 0 Å². The monoisotopic (exact) mass is 358 g/mol. The predicted molar refractivity (Wildman–Crippen MR) is 79.9 cm³/mol. The molecule has 0 aromatic rings. The van der Waals surface area contributed by atoms with Crippen molar-refractivity contribution >= 4 is 17.8 Å². The number of ether oxygens (including phenoxy) is 1. The zero-order valence-corrected chi connectivity index (χ0v) is 14.3. The number of halogens is 3. The lowest BCUT2D eigenvalue weighted by atomic mass is 10.0. The number of hydrogen-bond donors (Lipinski definition) is 3. The van der Waals surface area contributed by atoms with Crippen molar-refractivity contribution < 1.29 is 37.4 Å². The van der Waals surface area contributed by atoms with E-state index in [1.807, 2.05) is 27.7 Å². The molecule has 4 N–H and O–H groups in total. The molecule has 2 atom stereocenters. The molecule has 0 aliphatic heterocycles. The smallest absolute Gasteiger partial charge is 0.475 e. The Bertz CT molecular complexity index is 425. The van der Waals surface area contributed by atoms with E-state index in [0.717, 1.165) is 0 Å². The van der Waals surface area contributed by atoms with Crippen molar-refractivity contribution in [2.75, 3.05) is 7.11 Å². The molecule has 142 valence electrons. The van der Waals surface area contributed by atoms with Crippen LogP contribution >= 0.6 is 0 Å². The van der Waals surface area contributed by atoms with E-state index in [9.17, 15) is 22.8 Å². The van der Waals surface area contributed by atoms with Gasteiger partial charge in [-0.15, -0.1) is 0 Å². The molecular formula is C14H25F3N2O5. The van der Waals surface area contributed by atoms with Crippen molar-refractivity contribution in [1.82, 2.24) is 5.32 Å². The molecule has 0 fully saturated rings. The second kappa shape index (κ2) is 10.8. The minimum Gasteiger partial charge on any atom is -0.475 e. The number of hydrogen-bond acceptors (Lipinski definition) is 5. The highest BCUT2D eigenvalue weighted by molar-refractivity contribution is 5.87. The normalized spacial score (nSPS) is 13.6. The first-order valence-corrected chi connectivity index (χ1v) is 7.17. The molecule has 0 heterocycles. The van der Waals surface area contributed by atoms with Crippen LogP contribution in [0, 0.1) is 11.8 Å². The average Bonchev–Trinajstić information content (AvgIpc) is 2.43.